The molecule has 1 N–H and O–H groups in total. The number of hydrogen-bond acceptors (Lipinski definition) is 3. The third-order valence-electron chi connectivity index (χ3n) is 6.78. The van der Waals surface area contributed by atoms with E-state index in [1.54, 1.807) is 11.8 Å². The number of carbonyl (C=O) groups excluding carboxylic acids is 1. The van der Waals surface area contributed by atoms with Crippen molar-refractivity contribution in [2.24, 2.45) is 5.92 Å². The van der Waals surface area contributed by atoms with Gasteiger partial charge in [-0.15, -0.1) is 11.8 Å². The summed E-state index contributed by atoms with van der Waals surface area (Å²) in [5.41, 5.74) is 5.11. The molecular weight excluding hydrogens is 466 g/mol. The van der Waals surface area contributed by atoms with Crippen LogP contribution in [-0.2, 0) is 6.54 Å². The minimum Gasteiger partial charge on any atom is -0.338 e. The van der Waals surface area contributed by atoms with Crippen LogP contribution in [-0.4, -0.2) is 38.1 Å². The van der Waals surface area contributed by atoms with Gasteiger partial charge in [0.05, 0.1) is 29.7 Å². The summed E-state index contributed by atoms with van der Waals surface area (Å²) in [6.45, 7) is 7.51. The zero-order valence-corrected chi connectivity index (χ0v) is 22.1. The number of carbonyl (C=O) groups is 1. The van der Waals surface area contributed by atoms with Crippen LogP contribution in [0.25, 0.3) is 11.5 Å². The lowest BCUT2D eigenvalue weighted by molar-refractivity contribution is 0.180. The molecule has 0 saturated heterocycles. The SMILES string of the molecule is CSc1ccc([C@H]2c3cccn3-c3c(c(C)nn3-c3ccccc3)CN2C(=O)NCCC(C)C)cc1. The van der Waals surface area contributed by atoms with Crippen LogP contribution in [0, 0.1) is 12.8 Å². The first-order valence-electron chi connectivity index (χ1n) is 12.5. The normalized spacial score (nSPS) is 14.9. The van der Waals surface area contributed by atoms with Crippen LogP contribution in [0.4, 0.5) is 4.79 Å². The van der Waals surface area contributed by atoms with Crippen LogP contribution in [0.1, 0.15) is 48.8 Å². The van der Waals surface area contributed by atoms with Crippen LogP contribution < -0.4 is 5.32 Å². The Morgan fingerprint density at radius 2 is 1.83 bits per heavy atom. The smallest absolute Gasteiger partial charge is 0.318 e. The topological polar surface area (TPSA) is 55.1 Å². The fourth-order valence-corrected chi connectivity index (χ4v) is 5.26. The van der Waals surface area contributed by atoms with E-state index in [1.807, 2.05) is 34.7 Å². The Hall–Kier alpha value is -3.45. The standard InChI is InChI=1S/C29H33N5OS/c1-20(2)16-17-30-29(35)33-19-25-21(3)31-34(23-9-6-5-7-10-23)28(25)32-18-8-11-26(32)27(33)22-12-14-24(36-4)15-13-22/h5-15,18,20,27H,16-17,19H2,1-4H3,(H,30,35)/t27-/m0/s1. The van der Waals surface area contributed by atoms with Gasteiger partial charge in [-0.05, 0) is 67.5 Å². The lowest BCUT2D eigenvalue weighted by Crippen LogP contribution is -2.42. The summed E-state index contributed by atoms with van der Waals surface area (Å²) in [6.07, 6.45) is 5.10. The molecule has 186 valence electrons. The summed E-state index contributed by atoms with van der Waals surface area (Å²) >= 11 is 1.72. The molecule has 6 nitrogen and oxygen atoms in total. The molecule has 0 saturated carbocycles. The van der Waals surface area contributed by atoms with Crippen LogP contribution >= 0.6 is 11.8 Å². The van der Waals surface area contributed by atoms with Crippen molar-refractivity contribution in [2.75, 3.05) is 12.8 Å². The molecule has 2 amide bonds. The first-order valence-corrected chi connectivity index (χ1v) is 13.7. The van der Waals surface area contributed by atoms with Crippen molar-refractivity contribution in [3.8, 4) is 11.5 Å². The maximum absolute atomic E-state index is 13.7. The van der Waals surface area contributed by atoms with Crippen LogP contribution in [0.15, 0.2) is 77.8 Å². The second kappa shape index (κ2) is 10.3. The molecule has 2 aromatic heterocycles. The number of fused-ring (bicyclic) bond motifs is 3. The average molecular weight is 500 g/mol. The molecule has 0 unspecified atom stereocenters. The highest BCUT2D eigenvalue weighted by Crippen LogP contribution is 2.38. The van der Waals surface area contributed by atoms with Gasteiger partial charge < -0.3 is 14.8 Å². The van der Waals surface area contributed by atoms with Gasteiger partial charge in [-0.1, -0.05) is 44.2 Å². The number of urea groups is 1. The number of hydrogen-bond donors (Lipinski definition) is 1. The molecule has 0 fully saturated rings. The molecule has 1 atom stereocenters. The zero-order chi connectivity index (χ0) is 25.2. The molecule has 5 rings (SSSR count). The fourth-order valence-electron chi connectivity index (χ4n) is 4.86. The van der Waals surface area contributed by atoms with Crippen LogP contribution in [0.2, 0.25) is 0 Å². The third-order valence-corrected chi connectivity index (χ3v) is 7.52. The fraction of sp³-hybridized carbons (Fsp3) is 0.310. The second-order valence-electron chi connectivity index (χ2n) is 9.66. The van der Waals surface area contributed by atoms with E-state index in [9.17, 15) is 4.79 Å². The van der Waals surface area contributed by atoms with E-state index in [1.165, 1.54) is 4.90 Å². The van der Waals surface area contributed by atoms with Crippen molar-refractivity contribution in [2.45, 2.75) is 44.7 Å². The largest absolute Gasteiger partial charge is 0.338 e. The van der Waals surface area contributed by atoms with Crippen molar-refractivity contribution in [1.29, 1.82) is 0 Å². The Morgan fingerprint density at radius 1 is 1.08 bits per heavy atom. The molecule has 4 aromatic rings. The average Bonchev–Trinajstić information content (AvgIpc) is 3.45. The Balaban J connectivity index is 1.66. The quantitative estimate of drug-likeness (QED) is 0.314. The minimum atomic E-state index is -0.231. The zero-order valence-electron chi connectivity index (χ0n) is 21.3. The van der Waals surface area contributed by atoms with E-state index in [0.29, 0.717) is 19.0 Å². The predicted molar refractivity (Wildman–Crippen MR) is 146 cm³/mol. The molecule has 0 bridgehead atoms. The van der Waals surface area contributed by atoms with Gasteiger partial charge in [0, 0.05) is 23.2 Å². The predicted octanol–water partition coefficient (Wildman–Crippen LogP) is 6.35. The number of thioether (sulfide) groups is 1. The maximum atomic E-state index is 13.7. The number of nitrogens with zero attached hydrogens (tertiary/aromatic N) is 4. The second-order valence-corrected chi connectivity index (χ2v) is 10.5. The first-order chi connectivity index (χ1) is 17.5. The molecule has 0 spiro atoms. The summed E-state index contributed by atoms with van der Waals surface area (Å²) in [5.74, 6) is 1.52. The van der Waals surface area contributed by atoms with Gasteiger partial charge in [-0.2, -0.15) is 5.10 Å². The molecule has 1 aliphatic rings. The summed E-state index contributed by atoms with van der Waals surface area (Å²) in [5, 5.41) is 8.11. The molecule has 36 heavy (non-hydrogen) atoms. The van der Waals surface area contributed by atoms with Crippen LogP contribution in [0.3, 0.4) is 0 Å². The summed E-state index contributed by atoms with van der Waals surface area (Å²) in [6, 6.07) is 22.6. The number of aromatic nitrogens is 3. The van der Waals surface area contributed by atoms with Crippen molar-refractivity contribution in [1.82, 2.24) is 24.6 Å². The molecule has 0 aliphatic carbocycles. The first kappa shape index (κ1) is 24.3. The van der Waals surface area contributed by atoms with Gasteiger partial charge >= 0.3 is 6.03 Å². The van der Waals surface area contributed by atoms with E-state index < -0.39 is 0 Å². The van der Waals surface area contributed by atoms with Gasteiger partial charge in [-0.25, -0.2) is 9.48 Å². The summed E-state index contributed by atoms with van der Waals surface area (Å²) in [7, 11) is 0. The number of para-hydroxylation sites is 1. The molecule has 7 heteroatoms. The van der Waals surface area contributed by atoms with Crippen molar-refractivity contribution < 1.29 is 4.79 Å². The number of amides is 2. The lowest BCUT2D eigenvalue weighted by Gasteiger charge is -2.31. The molecule has 0 radical (unpaired) electrons. The van der Waals surface area contributed by atoms with Crippen molar-refractivity contribution >= 4 is 17.8 Å². The summed E-state index contributed by atoms with van der Waals surface area (Å²) < 4.78 is 4.21. The highest BCUT2D eigenvalue weighted by Gasteiger charge is 2.35. The van der Waals surface area contributed by atoms with Gasteiger partial charge in [0.2, 0.25) is 0 Å². The number of aryl methyl sites for hydroxylation is 1. The highest BCUT2D eigenvalue weighted by molar-refractivity contribution is 7.98. The van der Waals surface area contributed by atoms with Gasteiger partial charge in [0.1, 0.15) is 5.82 Å². The van der Waals surface area contributed by atoms with E-state index in [2.05, 4.69) is 84.7 Å². The number of rotatable bonds is 6. The Morgan fingerprint density at radius 3 is 2.53 bits per heavy atom. The van der Waals surface area contributed by atoms with E-state index in [-0.39, 0.29) is 12.1 Å². The van der Waals surface area contributed by atoms with E-state index in [0.717, 1.165) is 40.4 Å². The van der Waals surface area contributed by atoms with Crippen LogP contribution in [0.5, 0.6) is 0 Å². The molecule has 1 aliphatic heterocycles. The Labute approximate surface area is 217 Å². The Kier molecular flexibility index (Phi) is 6.92. The van der Waals surface area contributed by atoms with Crippen molar-refractivity contribution in [3.63, 3.8) is 0 Å². The Bertz CT molecular complexity index is 1340. The number of nitrogens with one attached hydrogen (secondary N) is 1. The summed E-state index contributed by atoms with van der Waals surface area (Å²) in [4.78, 5) is 16.9. The van der Waals surface area contributed by atoms with Crippen molar-refractivity contribution in [3.05, 3.63) is 95.4 Å². The lowest BCUT2D eigenvalue weighted by atomic mass is 10.0. The van der Waals surface area contributed by atoms with Gasteiger partial charge in [0.15, 0.2) is 0 Å². The number of benzene rings is 2. The minimum absolute atomic E-state index is 0.0537. The molecule has 3 heterocycles. The monoisotopic (exact) mass is 499 g/mol. The molecular formula is C29H33N5OS. The third kappa shape index (κ3) is 4.55. The van der Waals surface area contributed by atoms with E-state index >= 15 is 0 Å². The highest BCUT2D eigenvalue weighted by atomic mass is 32.2. The van der Waals surface area contributed by atoms with Gasteiger partial charge in [-0.3, -0.25) is 0 Å². The van der Waals surface area contributed by atoms with E-state index in [4.69, 9.17) is 5.10 Å². The van der Waals surface area contributed by atoms with Gasteiger partial charge in [0.25, 0.3) is 0 Å². The molecule has 2 aromatic carbocycles. The maximum Gasteiger partial charge on any atom is 0.318 e.